The minimum atomic E-state index is 0.881. The van der Waals surface area contributed by atoms with Gasteiger partial charge in [0.15, 0.2) is 0 Å². The van der Waals surface area contributed by atoms with Crippen LogP contribution in [0.5, 0.6) is 0 Å². The molecule has 74 valence electrons. The van der Waals surface area contributed by atoms with Crippen molar-refractivity contribution in [2.24, 2.45) is 5.41 Å². The molecule has 1 N–H and O–H groups in total. The third-order valence-corrected chi connectivity index (χ3v) is 4.39. The normalized spacial score (nSPS) is 33.2. The summed E-state index contributed by atoms with van der Waals surface area (Å²) in [6.45, 7) is 0. The molecule has 0 aromatic heterocycles. The van der Waals surface area contributed by atoms with Gasteiger partial charge in [-0.15, -0.1) is 0 Å². The molecule has 0 atom stereocenters. The zero-order valence-corrected chi connectivity index (χ0v) is 8.52. The van der Waals surface area contributed by atoms with Crippen molar-refractivity contribution in [3.8, 4) is 0 Å². The van der Waals surface area contributed by atoms with Crippen molar-refractivity contribution >= 4 is 0 Å². The summed E-state index contributed by atoms with van der Waals surface area (Å²) in [6.07, 6.45) is 13.4. The highest BCUT2D eigenvalue weighted by Crippen LogP contribution is 2.60. The third-order valence-electron chi connectivity index (χ3n) is 4.39. The minimum Gasteiger partial charge on any atom is -0.311 e. The Morgan fingerprint density at radius 2 is 1.54 bits per heavy atom. The maximum Gasteiger partial charge on any atom is 0.00802 e. The predicted octanol–water partition coefficient (Wildman–Crippen LogP) is 2.85. The largest absolute Gasteiger partial charge is 0.311 e. The molecule has 0 radical (unpaired) electrons. The molecule has 13 heavy (non-hydrogen) atoms. The van der Waals surface area contributed by atoms with Crippen molar-refractivity contribution in [3.63, 3.8) is 0 Å². The Kier molecular flexibility index (Phi) is 1.90. The third kappa shape index (κ3) is 1.63. The van der Waals surface area contributed by atoms with E-state index in [9.17, 15) is 0 Å². The molecule has 0 aromatic rings. The van der Waals surface area contributed by atoms with E-state index in [2.05, 4.69) is 5.32 Å². The lowest BCUT2D eigenvalue weighted by Crippen LogP contribution is -2.47. The van der Waals surface area contributed by atoms with Crippen LogP contribution in [0.15, 0.2) is 0 Å². The van der Waals surface area contributed by atoms with Crippen LogP contribution in [0.25, 0.3) is 0 Å². The Morgan fingerprint density at radius 1 is 0.846 bits per heavy atom. The standard InChI is InChI=1S/C12H21N/c1-2-4-10(5-3-1)13-11-8-12(9-11)6-7-12/h10-11,13H,1-9H2. The molecule has 0 saturated heterocycles. The van der Waals surface area contributed by atoms with E-state index in [1.165, 1.54) is 57.8 Å². The number of hydrogen-bond donors (Lipinski definition) is 1. The second-order valence-corrected chi connectivity index (χ2v) is 5.61. The van der Waals surface area contributed by atoms with E-state index >= 15 is 0 Å². The molecule has 0 aliphatic heterocycles. The van der Waals surface area contributed by atoms with Crippen molar-refractivity contribution in [1.82, 2.24) is 5.32 Å². The van der Waals surface area contributed by atoms with Gasteiger partial charge in [-0.2, -0.15) is 0 Å². The first-order valence-corrected chi connectivity index (χ1v) is 6.12. The molecule has 3 fully saturated rings. The number of nitrogens with one attached hydrogen (secondary N) is 1. The Hall–Kier alpha value is -0.0400. The van der Waals surface area contributed by atoms with E-state index < -0.39 is 0 Å². The topological polar surface area (TPSA) is 12.0 Å². The molecule has 0 heterocycles. The second kappa shape index (κ2) is 2.98. The van der Waals surface area contributed by atoms with Gasteiger partial charge in [-0.3, -0.25) is 0 Å². The monoisotopic (exact) mass is 179 g/mol. The molecule has 0 bridgehead atoms. The molecule has 0 unspecified atom stereocenters. The molecule has 3 saturated carbocycles. The van der Waals surface area contributed by atoms with Crippen LogP contribution in [0.1, 0.15) is 57.8 Å². The van der Waals surface area contributed by atoms with E-state index in [1.54, 1.807) is 0 Å². The van der Waals surface area contributed by atoms with E-state index in [0.717, 1.165) is 17.5 Å². The summed E-state index contributed by atoms with van der Waals surface area (Å²) < 4.78 is 0. The van der Waals surface area contributed by atoms with Crippen LogP contribution in [0.2, 0.25) is 0 Å². The van der Waals surface area contributed by atoms with Crippen LogP contribution >= 0.6 is 0 Å². The summed E-state index contributed by atoms with van der Waals surface area (Å²) in [5.41, 5.74) is 0.881. The first-order valence-electron chi connectivity index (χ1n) is 6.12. The predicted molar refractivity (Wildman–Crippen MR) is 54.7 cm³/mol. The van der Waals surface area contributed by atoms with Crippen molar-refractivity contribution in [2.75, 3.05) is 0 Å². The fourth-order valence-corrected chi connectivity index (χ4v) is 3.29. The zero-order chi connectivity index (χ0) is 8.73. The maximum absolute atomic E-state index is 3.85. The summed E-state index contributed by atoms with van der Waals surface area (Å²) >= 11 is 0. The molecule has 0 aromatic carbocycles. The molecular weight excluding hydrogens is 158 g/mol. The van der Waals surface area contributed by atoms with Crippen LogP contribution in [0.3, 0.4) is 0 Å². The van der Waals surface area contributed by atoms with E-state index in [1.807, 2.05) is 0 Å². The Bertz CT molecular complexity index is 181. The Labute approximate surface area is 81.3 Å². The average molecular weight is 179 g/mol. The van der Waals surface area contributed by atoms with Gasteiger partial charge in [-0.05, 0) is 43.9 Å². The molecular formula is C12H21N. The summed E-state index contributed by atoms with van der Waals surface area (Å²) in [4.78, 5) is 0. The van der Waals surface area contributed by atoms with Crippen molar-refractivity contribution < 1.29 is 0 Å². The van der Waals surface area contributed by atoms with Gasteiger partial charge in [0.25, 0.3) is 0 Å². The smallest absolute Gasteiger partial charge is 0.00802 e. The summed E-state index contributed by atoms with van der Waals surface area (Å²) in [5.74, 6) is 0. The van der Waals surface area contributed by atoms with Crippen molar-refractivity contribution in [3.05, 3.63) is 0 Å². The SMILES string of the molecule is C1CCC(NC2CC3(CC3)C2)CC1. The lowest BCUT2D eigenvalue weighted by Gasteiger charge is -2.40. The van der Waals surface area contributed by atoms with E-state index in [0.29, 0.717) is 0 Å². The fourth-order valence-electron chi connectivity index (χ4n) is 3.29. The Morgan fingerprint density at radius 3 is 2.15 bits per heavy atom. The molecule has 1 spiro atoms. The summed E-state index contributed by atoms with van der Waals surface area (Å²) in [7, 11) is 0. The highest BCUT2D eigenvalue weighted by atomic mass is 15.0. The first kappa shape index (κ1) is 8.28. The van der Waals surface area contributed by atoms with Gasteiger partial charge in [0.1, 0.15) is 0 Å². The van der Waals surface area contributed by atoms with E-state index in [4.69, 9.17) is 0 Å². The average Bonchev–Trinajstić information content (AvgIpc) is 2.86. The van der Waals surface area contributed by atoms with Crippen LogP contribution < -0.4 is 5.32 Å². The molecule has 3 aliphatic rings. The lowest BCUT2D eigenvalue weighted by atomic mass is 9.76. The molecule has 0 amide bonds. The van der Waals surface area contributed by atoms with Crippen LogP contribution in [-0.2, 0) is 0 Å². The number of rotatable bonds is 2. The summed E-state index contributed by atoms with van der Waals surface area (Å²) in [5, 5.41) is 3.85. The first-order chi connectivity index (χ1) is 6.36. The van der Waals surface area contributed by atoms with Crippen molar-refractivity contribution in [2.45, 2.75) is 69.9 Å². The van der Waals surface area contributed by atoms with Crippen molar-refractivity contribution in [1.29, 1.82) is 0 Å². The molecule has 1 heteroatoms. The van der Waals surface area contributed by atoms with Crippen LogP contribution in [0, 0.1) is 5.41 Å². The van der Waals surface area contributed by atoms with Gasteiger partial charge in [0.05, 0.1) is 0 Å². The van der Waals surface area contributed by atoms with Gasteiger partial charge < -0.3 is 5.32 Å². The zero-order valence-electron chi connectivity index (χ0n) is 8.52. The van der Waals surface area contributed by atoms with E-state index in [-0.39, 0.29) is 0 Å². The van der Waals surface area contributed by atoms with Gasteiger partial charge in [-0.1, -0.05) is 19.3 Å². The quantitative estimate of drug-likeness (QED) is 0.687. The van der Waals surface area contributed by atoms with Gasteiger partial charge >= 0.3 is 0 Å². The Balaban J connectivity index is 1.42. The molecule has 3 rings (SSSR count). The maximum atomic E-state index is 3.85. The van der Waals surface area contributed by atoms with Gasteiger partial charge in [-0.25, -0.2) is 0 Å². The highest BCUT2D eigenvalue weighted by molar-refractivity contribution is 5.07. The van der Waals surface area contributed by atoms with Gasteiger partial charge in [0, 0.05) is 12.1 Å². The minimum absolute atomic E-state index is 0.881. The van der Waals surface area contributed by atoms with Crippen LogP contribution in [-0.4, -0.2) is 12.1 Å². The number of hydrogen-bond acceptors (Lipinski definition) is 1. The molecule has 1 nitrogen and oxygen atoms in total. The fraction of sp³-hybridized carbons (Fsp3) is 1.00. The van der Waals surface area contributed by atoms with Crippen LogP contribution in [0.4, 0.5) is 0 Å². The summed E-state index contributed by atoms with van der Waals surface area (Å²) in [6, 6.07) is 1.79. The van der Waals surface area contributed by atoms with Gasteiger partial charge in [0.2, 0.25) is 0 Å². The highest BCUT2D eigenvalue weighted by Gasteiger charge is 2.52. The molecule has 3 aliphatic carbocycles. The lowest BCUT2D eigenvalue weighted by molar-refractivity contribution is 0.172. The second-order valence-electron chi connectivity index (χ2n) is 5.61.